The molecule has 9 heavy (non-hydrogen) atoms. The number of rotatable bonds is 3. The van der Waals surface area contributed by atoms with Gasteiger partial charge in [-0.1, -0.05) is 0 Å². The molecule has 0 heterocycles. The summed E-state index contributed by atoms with van der Waals surface area (Å²) in [6.45, 7) is 0. The van der Waals surface area contributed by atoms with Crippen molar-refractivity contribution >= 4 is 16.1 Å². The van der Waals surface area contributed by atoms with Gasteiger partial charge in [0.2, 0.25) is 0 Å². The standard InChI is InChI=1S/C2H8O4P2.Fe/c3-7(4)1-2-8(5)6;/h7-8H,1-2H2,(H,3,4)(H,5,6);/q;+2/p-2. The molecular weight excluding hydrogens is 206 g/mol. The molecule has 7 heteroatoms. The number of hydrogen-bond acceptors (Lipinski definition) is 4. The molecule has 4 nitrogen and oxygen atoms in total. The third kappa shape index (κ3) is 12.2. The van der Waals surface area contributed by atoms with Crippen LogP contribution in [0.5, 0.6) is 0 Å². The van der Waals surface area contributed by atoms with E-state index in [1.165, 1.54) is 0 Å². The van der Waals surface area contributed by atoms with Crippen LogP contribution in [0, 0.1) is 0 Å². The van der Waals surface area contributed by atoms with Crippen molar-refractivity contribution in [2.24, 2.45) is 0 Å². The van der Waals surface area contributed by atoms with Gasteiger partial charge in [-0.3, -0.25) is 0 Å². The zero-order chi connectivity index (χ0) is 6.57. The minimum Gasteiger partial charge on any atom is -0.802 e. The fraction of sp³-hybridized carbons (Fsp3) is 1.00. The van der Waals surface area contributed by atoms with E-state index in [0.29, 0.717) is 0 Å². The average Bonchev–Trinajstić information content (AvgIpc) is 1.61. The van der Waals surface area contributed by atoms with Gasteiger partial charge in [0.15, 0.2) is 0 Å². The molecule has 0 rings (SSSR count). The van der Waals surface area contributed by atoms with Crippen LogP contribution >= 0.6 is 16.1 Å². The SMILES string of the molecule is O=[PH]([O-])CC[PH](=O)[O-].[Fe+2]. The fourth-order valence-corrected chi connectivity index (χ4v) is 1.84. The maximum atomic E-state index is 9.72. The van der Waals surface area contributed by atoms with Crippen LogP contribution in [-0.2, 0) is 26.2 Å². The summed E-state index contributed by atoms with van der Waals surface area (Å²) in [6, 6.07) is 0. The molecule has 2 unspecified atom stereocenters. The smallest absolute Gasteiger partial charge is 0.802 e. The van der Waals surface area contributed by atoms with Crippen LogP contribution in [0.15, 0.2) is 0 Å². The van der Waals surface area contributed by atoms with Gasteiger partial charge in [-0.2, -0.15) is 0 Å². The molecule has 2 atom stereocenters. The predicted molar refractivity (Wildman–Crippen MR) is 27.7 cm³/mol. The van der Waals surface area contributed by atoms with E-state index in [-0.39, 0.29) is 29.4 Å². The first-order valence-corrected chi connectivity index (χ1v) is 5.07. The maximum absolute atomic E-state index is 9.72. The molecule has 0 aliphatic heterocycles. The molecule has 0 spiro atoms. The van der Waals surface area contributed by atoms with Gasteiger partial charge in [0.05, 0.1) is 0 Å². The predicted octanol–water partition coefficient (Wildman–Crippen LogP) is -1.35. The van der Waals surface area contributed by atoms with Gasteiger partial charge in [-0.05, 0) is 12.3 Å². The van der Waals surface area contributed by atoms with Crippen molar-refractivity contribution in [3.8, 4) is 0 Å². The maximum Gasteiger partial charge on any atom is 2.00 e. The van der Waals surface area contributed by atoms with Crippen LogP contribution in [0.1, 0.15) is 0 Å². The van der Waals surface area contributed by atoms with Crippen molar-refractivity contribution in [1.29, 1.82) is 0 Å². The minimum absolute atomic E-state index is 0. The summed E-state index contributed by atoms with van der Waals surface area (Å²) in [5.41, 5.74) is 0. The van der Waals surface area contributed by atoms with E-state index in [1.54, 1.807) is 0 Å². The van der Waals surface area contributed by atoms with E-state index in [0.717, 1.165) is 0 Å². The van der Waals surface area contributed by atoms with Crippen molar-refractivity contribution in [3.63, 3.8) is 0 Å². The van der Waals surface area contributed by atoms with Crippen molar-refractivity contribution < 1.29 is 36.0 Å². The molecule has 0 aliphatic carbocycles. The summed E-state index contributed by atoms with van der Waals surface area (Å²) in [4.78, 5) is 19.4. The van der Waals surface area contributed by atoms with Crippen LogP contribution < -0.4 is 9.79 Å². The molecule has 0 saturated carbocycles. The monoisotopic (exact) mass is 212 g/mol. The molecule has 0 fully saturated rings. The van der Waals surface area contributed by atoms with Gasteiger partial charge in [0, 0.05) is 16.1 Å². The third-order valence-electron chi connectivity index (χ3n) is 0.533. The van der Waals surface area contributed by atoms with Crippen molar-refractivity contribution in [1.82, 2.24) is 0 Å². The Bertz CT molecular complexity index is 101. The third-order valence-corrected chi connectivity index (χ3v) is 2.35. The van der Waals surface area contributed by atoms with Crippen LogP contribution in [0.3, 0.4) is 0 Å². The Morgan fingerprint density at radius 3 is 1.33 bits per heavy atom. The van der Waals surface area contributed by atoms with Gasteiger partial charge in [-0.25, -0.2) is 0 Å². The first-order chi connectivity index (χ1) is 3.63. The Hall–Kier alpha value is 0.899. The topological polar surface area (TPSA) is 80.3 Å². The molecule has 0 bridgehead atoms. The second-order valence-corrected chi connectivity index (χ2v) is 3.73. The zero-order valence-electron chi connectivity index (χ0n) is 4.40. The summed E-state index contributed by atoms with van der Waals surface area (Å²) in [5.74, 6) is 0. The average molecular weight is 212 g/mol. The van der Waals surface area contributed by atoms with E-state index < -0.39 is 16.1 Å². The van der Waals surface area contributed by atoms with Crippen LogP contribution in [0.2, 0.25) is 0 Å². The molecule has 56 valence electrons. The normalized spacial score (nSPS) is 15.8. The Kier molecular flexibility index (Phi) is 9.79. The van der Waals surface area contributed by atoms with Gasteiger partial charge in [-0.15, -0.1) is 0 Å². The summed E-state index contributed by atoms with van der Waals surface area (Å²) in [7, 11) is -5.61. The van der Waals surface area contributed by atoms with E-state index >= 15 is 0 Å². The summed E-state index contributed by atoms with van der Waals surface area (Å²) >= 11 is 0. The van der Waals surface area contributed by atoms with Crippen molar-refractivity contribution in [2.75, 3.05) is 12.3 Å². The Morgan fingerprint density at radius 2 is 1.22 bits per heavy atom. The van der Waals surface area contributed by atoms with Gasteiger partial charge < -0.3 is 18.9 Å². The molecule has 0 aliphatic rings. The first-order valence-electron chi connectivity index (χ1n) is 2.02. The Morgan fingerprint density at radius 1 is 1.00 bits per heavy atom. The summed E-state index contributed by atoms with van der Waals surface area (Å²) < 4.78 is 19.4. The molecule has 0 radical (unpaired) electrons. The molecular formula is C2H6FeO4P2. The molecule has 0 amide bonds. The number of hydrogen-bond donors (Lipinski definition) is 0. The van der Waals surface area contributed by atoms with Gasteiger partial charge in [0.1, 0.15) is 0 Å². The molecule has 0 aromatic rings. The van der Waals surface area contributed by atoms with Crippen LogP contribution in [-0.4, -0.2) is 12.3 Å². The molecule has 0 aromatic heterocycles. The van der Waals surface area contributed by atoms with Crippen LogP contribution in [0.25, 0.3) is 0 Å². The van der Waals surface area contributed by atoms with Crippen molar-refractivity contribution in [2.45, 2.75) is 0 Å². The van der Waals surface area contributed by atoms with E-state index in [2.05, 4.69) is 0 Å². The minimum atomic E-state index is -2.80. The molecule has 0 N–H and O–H groups in total. The van der Waals surface area contributed by atoms with E-state index in [9.17, 15) is 18.9 Å². The summed E-state index contributed by atoms with van der Waals surface area (Å²) in [5, 5.41) is 0. The van der Waals surface area contributed by atoms with Gasteiger partial charge in [0.25, 0.3) is 0 Å². The Balaban J connectivity index is 0. The Labute approximate surface area is 64.9 Å². The second-order valence-electron chi connectivity index (χ2n) is 1.24. The van der Waals surface area contributed by atoms with E-state index in [4.69, 9.17) is 0 Å². The second kappa shape index (κ2) is 7.01. The molecule has 0 aromatic carbocycles. The summed E-state index contributed by atoms with van der Waals surface area (Å²) in [6.07, 6.45) is -0.405. The first kappa shape index (κ1) is 12.6. The van der Waals surface area contributed by atoms with Crippen LogP contribution in [0.4, 0.5) is 0 Å². The largest absolute Gasteiger partial charge is 2.00 e. The quantitative estimate of drug-likeness (QED) is 0.428. The zero-order valence-corrected chi connectivity index (χ0v) is 7.50. The molecule has 0 saturated heterocycles. The fourth-order valence-electron chi connectivity index (χ4n) is 0.204. The van der Waals surface area contributed by atoms with E-state index in [1.807, 2.05) is 0 Å². The van der Waals surface area contributed by atoms with Gasteiger partial charge >= 0.3 is 17.1 Å². The van der Waals surface area contributed by atoms with Crippen molar-refractivity contribution in [3.05, 3.63) is 0 Å².